The van der Waals surface area contributed by atoms with E-state index in [9.17, 15) is 40.3 Å². The molecule has 150 valence electrons. The molecule has 0 atom stereocenters. The molecule has 0 aliphatic heterocycles. The maximum Gasteiger partial charge on any atom is 0.435 e. The van der Waals surface area contributed by atoms with E-state index in [4.69, 9.17) is 5.11 Å². The van der Waals surface area contributed by atoms with Gasteiger partial charge in [0.15, 0.2) is 5.78 Å². The van der Waals surface area contributed by atoms with Crippen molar-refractivity contribution >= 4 is 17.4 Å². The van der Waals surface area contributed by atoms with E-state index in [1.54, 1.807) is 0 Å². The number of carbonyl (C=O) groups is 2. The summed E-state index contributed by atoms with van der Waals surface area (Å²) < 4.78 is 89.0. The molecule has 0 radical (unpaired) electrons. The normalized spacial score (nSPS) is 12.6. The molecule has 0 aromatic heterocycles. The minimum absolute atomic E-state index is 0.0414. The van der Waals surface area contributed by atoms with E-state index in [0.717, 1.165) is 36.4 Å². The number of carbonyl (C=O) groups excluding carboxylic acids is 2. The molecule has 0 saturated heterocycles. The molecule has 0 saturated carbocycles. The second kappa shape index (κ2) is 7.23. The highest BCUT2D eigenvalue weighted by Gasteiger charge is 2.75. The standard InChI is InChI=1S/C17H10F7NO3/c18-11-3-1-2-10(8-11)13(26)9-4-6-12(7-5-9)25-14(27)15(28,16(19,20)21)17(22,23)24/h1-8,28H,(H,25,27). The van der Waals surface area contributed by atoms with Gasteiger partial charge in [-0.1, -0.05) is 12.1 Å². The smallest absolute Gasteiger partial charge is 0.366 e. The Morgan fingerprint density at radius 3 is 1.82 bits per heavy atom. The summed E-state index contributed by atoms with van der Waals surface area (Å²) in [5.74, 6) is -4.11. The number of benzene rings is 2. The van der Waals surface area contributed by atoms with Gasteiger partial charge in [-0.25, -0.2) is 4.39 Å². The van der Waals surface area contributed by atoms with Crippen molar-refractivity contribution in [1.29, 1.82) is 0 Å². The molecule has 0 spiro atoms. The molecular weight excluding hydrogens is 399 g/mol. The van der Waals surface area contributed by atoms with Gasteiger partial charge in [-0.3, -0.25) is 9.59 Å². The van der Waals surface area contributed by atoms with Gasteiger partial charge >= 0.3 is 18.0 Å². The zero-order valence-electron chi connectivity index (χ0n) is 13.5. The summed E-state index contributed by atoms with van der Waals surface area (Å²) >= 11 is 0. The number of halogens is 7. The van der Waals surface area contributed by atoms with E-state index >= 15 is 0 Å². The average molecular weight is 409 g/mol. The number of anilines is 1. The first-order valence-electron chi connectivity index (χ1n) is 7.35. The lowest BCUT2D eigenvalue weighted by Gasteiger charge is -2.30. The predicted molar refractivity (Wildman–Crippen MR) is 82.0 cm³/mol. The van der Waals surface area contributed by atoms with Crippen molar-refractivity contribution in [1.82, 2.24) is 0 Å². The van der Waals surface area contributed by atoms with Crippen LogP contribution in [0.3, 0.4) is 0 Å². The van der Waals surface area contributed by atoms with Crippen molar-refractivity contribution in [2.75, 3.05) is 5.32 Å². The van der Waals surface area contributed by atoms with Crippen LogP contribution < -0.4 is 5.32 Å². The Morgan fingerprint density at radius 1 is 0.821 bits per heavy atom. The van der Waals surface area contributed by atoms with Gasteiger partial charge in [0.05, 0.1) is 0 Å². The molecule has 0 aliphatic rings. The van der Waals surface area contributed by atoms with E-state index in [1.807, 2.05) is 0 Å². The SMILES string of the molecule is O=C(c1ccc(NC(=O)C(O)(C(F)(F)F)C(F)(F)F)cc1)c1cccc(F)c1. The van der Waals surface area contributed by atoms with Crippen molar-refractivity contribution < 1.29 is 45.4 Å². The Morgan fingerprint density at radius 2 is 1.36 bits per heavy atom. The van der Waals surface area contributed by atoms with E-state index in [1.165, 1.54) is 17.4 Å². The minimum Gasteiger partial charge on any atom is -0.366 e. The molecule has 28 heavy (non-hydrogen) atoms. The van der Waals surface area contributed by atoms with E-state index < -0.39 is 41.1 Å². The molecule has 2 N–H and O–H groups in total. The number of rotatable bonds is 4. The van der Waals surface area contributed by atoms with Crippen LogP contribution in [0, 0.1) is 5.82 Å². The van der Waals surface area contributed by atoms with Crippen molar-refractivity contribution in [3.63, 3.8) is 0 Å². The number of nitrogens with one attached hydrogen (secondary N) is 1. The van der Waals surface area contributed by atoms with Crippen LogP contribution in [0.15, 0.2) is 48.5 Å². The molecule has 11 heteroatoms. The molecule has 2 aromatic carbocycles. The van der Waals surface area contributed by atoms with Crippen molar-refractivity contribution in [3.05, 3.63) is 65.5 Å². The average Bonchev–Trinajstić information content (AvgIpc) is 2.59. The number of hydrogen-bond donors (Lipinski definition) is 2. The fourth-order valence-corrected chi connectivity index (χ4v) is 2.14. The van der Waals surface area contributed by atoms with E-state index in [-0.39, 0.29) is 11.1 Å². The minimum atomic E-state index is -6.32. The van der Waals surface area contributed by atoms with Crippen molar-refractivity contribution in [3.8, 4) is 0 Å². The van der Waals surface area contributed by atoms with Crippen LogP contribution in [-0.2, 0) is 4.79 Å². The second-order valence-electron chi connectivity index (χ2n) is 5.58. The molecule has 2 aromatic rings. The molecule has 0 aliphatic carbocycles. The van der Waals surface area contributed by atoms with E-state index in [2.05, 4.69) is 0 Å². The summed E-state index contributed by atoms with van der Waals surface area (Å²) in [7, 11) is 0. The summed E-state index contributed by atoms with van der Waals surface area (Å²) in [5, 5.41) is 10.3. The van der Waals surface area contributed by atoms with Gasteiger partial charge < -0.3 is 10.4 Å². The van der Waals surface area contributed by atoms with E-state index in [0.29, 0.717) is 0 Å². The number of alkyl halides is 6. The first kappa shape index (κ1) is 21.4. The number of ketones is 1. The second-order valence-corrected chi connectivity index (χ2v) is 5.58. The Bertz CT molecular complexity index is 875. The van der Waals surface area contributed by atoms with Crippen LogP contribution in [0.5, 0.6) is 0 Å². The highest BCUT2D eigenvalue weighted by atomic mass is 19.4. The van der Waals surface area contributed by atoms with Crippen LogP contribution >= 0.6 is 0 Å². The van der Waals surface area contributed by atoms with Gasteiger partial charge in [0.1, 0.15) is 5.82 Å². The Kier molecular flexibility index (Phi) is 5.51. The maximum atomic E-state index is 13.1. The molecule has 0 heterocycles. The Balaban J connectivity index is 2.24. The lowest BCUT2D eigenvalue weighted by Crippen LogP contribution is -2.64. The fourth-order valence-electron chi connectivity index (χ4n) is 2.14. The zero-order valence-corrected chi connectivity index (χ0v) is 13.5. The van der Waals surface area contributed by atoms with Crippen LogP contribution in [0.2, 0.25) is 0 Å². The summed E-state index contributed by atoms with van der Waals surface area (Å²) in [5.41, 5.74) is -6.26. The zero-order chi connectivity index (χ0) is 21.3. The summed E-state index contributed by atoms with van der Waals surface area (Å²) in [6, 6.07) is 8.32. The van der Waals surface area contributed by atoms with Crippen LogP contribution in [-0.4, -0.2) is 34.8 Å². The molecule has 2 rings (SSSR count). The van der Waals surface area contributed by atoms with Crippen molar-refractivity contribution in [2.45, 2.75) is 18.0 Å². The van der Waals surface area contributed by atoms with Gasteiger partial charge in [0, 0.05) is 16.8 Å². The maximum absolute atomic E-state index is 13.1. The lowest BCUT2D eigenvalue weighted by molar-refractivity contribution is -0.348. The van der Waals surface area contributed by atoms with Crippen molar-refractivity contribution in [2.24, 2.45) is 0 Å². The highest BCUT2D eigenvalue weighted by Crippen LogP contribution is 2.43. The number of aliphatic hydroxyl groups is 1. The molecule has 0 unspecified atom stereocenters. The van der Waals surface area contributed by atoms with Crippen LogP contribution in [0.25, 0.3) is 0 Å². The third-order valence-electron chi connectivity index (χ3n) is 3.64. The first-order chi connectivity index (χ1) is 12.8. The summed E-state index contributed by atoms with van der Waals surface area (Å²) in [6.45, 7) is 0. The molecular formula is C17H10F7NO3. The van der Waals surface area contributed by atoms with Gasteiger partial charge in [-0.15, -0.1) is 0 Å². The molecule has 4 nitrogen and oxygen atoms in total. The highest BCUT2D eigenvalue weighted by molar-refractivity contribution is 6.09. The predicted octanol–water partition coefficient (Wildman–Crippen LogP) is 3.85. The summed E-state index contributed by atoms with van der Waals surface area (Å²) in [4.78, 5) is 23.7. The van der Waals surface area contributed by atoms with Gasteiger partial charge in [-0.05, 0) is 36.4 Å². The summed E-state index contributed by atoms with van der Waals surface area (Å²) in [6.07, 6.45) is -12.6. The van der Waals surface area contributed by atoms with Gasteiger partial charge in [0.2, 0.25) is 0 Å². The van der Waals surface area contributed by atoms with Crippen LogP contribution in [0.1, 0.15) is 15.9 Å². The fraction of sp³-hybridized carbons (Fsp3) is 0.176. The van der Waals surface area contributed by atoms with Gasteiger partial charge in [-0.2, -0.15) is 26.3 Å². The van der Waals surface area contributed by atoms with Crippen LogP contribution in [0.4, 0.5) is 36.4 Å². The topological polar surface area (TPSA) is 66.4 Å². The monoisotopic (exact) mass is 409 g/mol. The molecule has 0 bridgehead atoms. The number of hydrogen-bond acceptors (Lipinski definition) is 3. The molecule has 0 fully saturated rings. The lowest BCUT2D eigenvalue weighted by atomic mass is 10.0. The number of amides is 1. The first-order valence-corrected chi connectivity index (χ1v) is 7.35. The molecule has 1 amide bonds. The Labute approximate surface area is 152 Å². The quantitative estimate of drug-likeness (QED) is 0.596. The largest absolute Gasteiger partial charge is 0.435 e. The third kappa shape index (κ3) is 3.98. The Hall–Kier alpha value is -2.95. The van der Waals surface area contributed by atoms with Gasteiger partial charge in [0.25, 0.3) is 5.91 Å². The third-order valence-corrected chi connectivity index (χ3v) is 3.64.